The van der Waals surface area contributed by atoms with E-state index in [0.29, 0.717) is 24.9 Å². The maximum atomic E-state index is 11.0. The van der Waals surface area contributed by atoms with Gasteiger partial charge in [0, 0.05) is 20.0 Å². The van der Waals surface area contributed by atoms with Gasteiger partial charge in [-0.1, -0.05) is 12.1 Å². The van der Waals surface area contributed by atoms with Crippen LogP contribution in [0, 0.1) is 11.3 Å². The molecule has 90 valence electrons. The van der Waals surface area contributed by atoms with Crippen molar-refractivity contribution in [2.75, 3.05) is 25.6 Å². The molecule has 0 aliphatic carbocycles. The maximum Gasteiger partial charge on any atom is 0.305 e. The predicted molar refractivity (Wildman–Crippen MR) is 65.7 cm³/mol. The zero-order chi connectivity index (χ0) is 12.7. The second kappa shape index (κ2) is 6.54. The van der Waals surface area contributed by atoms with Crippen LogP contribution in [0.1, 0.15) is 18.4 Å². The first-order valence-corrected chi connectivity index (χ1v) is 5.46. The number of ether oxygens (including phenoxy) is 1. The highest BCUT2D eigenvalue weighted by atomic mass is 16.5. The first kappa shape index (κ1) is 13.0. The Morgan fingerprint density at radius 2 is 2.18 bits per heavy atom. The van der Waals surface area contributed by atoms with Crippen molar-refractivity contribution in [3.63, 3.8) is 0 Å². The molecule has 4 nitrogen and oxygen atoms in total. The maximum absolute atomic E-state index is 11.0. The van der Waals surface area contributed by atoms with Gasteiger partial charge < -0.3 is 9.64 Å². The highest BCUT2D eigenvalue weighted by Crippen LogP contribution is 2.18. The van der Waals surface area contributed by atoms with Gasteiger partial charge in [0.05, 0.1) is 18.4 Å². The molecule has 1 rings (SSSR count). The Kier molecular flexibility index (Phi) is 5.02. The van der Waals surface area contributed by atoms with Gasteiger partial charge in [0.15, 0.2) is 0 Å². The fourth-order valence-electron chi connectivity index (χ4n) is 1.58. The average Bonchev–Trinajstić information content (AvgIpc) is 2.38. The van der Waals surface area contributed by atoms with E-state index < -0.39 is 0 Å². The van der Waals surface area contributed by atoms with Crippen molar-refractivity contribution in [2.24, 2.45) is 0 Å². The average molecular weight is 232 g/mol. The van der Waals surface area contributed by atoms with E-state index >= 15 is 0 Å². The number of nitriles is 1. The fraction of sp³-hybridized carbons (Fsp3) is 0.385. The summed E-state index contributed by atoms with van der Waals surface area (Å²) >= 11 is 0. The monoisotopic (exact) mass is 232 g/mol. The van der Waals surface area contributed by atoms with Gasteiger partial charge in [-0.2, -0.15) is 5.26 Å². The minimum absolute atomic E-state index is 0.202. The summed E-state index contributed by atoms with van der Waals surface area (Å²) in [5.74, 6) is -0.202. The Morgan fingerprint density at radius 3 is 2.82 bits per heavy atom. The molecular weight excluding hydrogens is 216 g/mol. The van der Waals surface area contributed by atoms with Crippen LogP contribution in [0.4, 0.5) is 5.69 Å². The Bertz CT molecular complexity index is 424. The SMILES string of the molecule is COC(=O)CCCN(C)c1ccccc1C#N. The van der Waals surface area contributed by atoms with E-state index in [0.717, 1.165) is 5.69 Å². The van der Waals surface area contributed by atoms with Crippen molar-refractivity contribution >= 4 is 11.7 Å². The van der Waals surface area contributed by atoms with Crippen molar-refractivity contribution in [2.45, 2.75) is 12.8 Å². The molecule has 0 N–H and O–H groups in total. The van der Waals surface area contributed by atoms with E-state index in [9.17, 15) is 4.79 Å². The third-order valence-corrected chi connectivity index (χ3v) is 2.54. The zero-order valence-electron chi connectivity index (χ0n) is 10.1. The number of rotatable bonds is 5. The van der Waals surface area contributed by atoms with Crippen LogP contribution in [-0.4, -0.2) is 26.7 Å². The lowest BCUT2D eigenvalue weighted by Gasteiger charge is -2.19. The molecule has 0 amide bonds. The van der Waals surface area contributed by atoms with Gasteiger partial charge >= 0.3 is 5.97 Å². The van der Waals surface area contributed by atoms with Gasteiger partial charge in [-0.3, -0.25) is 4.79 Å². The molecule has 0 radical (unpaired) electrons. The number of carbonyl (C=O) groups excluding carboxylic acids is 1. The summed E-state index contributed by atoms with van der Waals surface area (Å²) in [5.41, 5.74) is 1.54. The van der Waals surface area contributed by atoms with Crippen LogP contribution in [0.3, 0.4) is 0 Å². The molecule has 1 aromatic carbocycles. The number of methoxy groups -OCH3 is 1. The first-order chi connectivity index (χ1) is 8.19. The number of hydrogen-bond donors (Lipinski definition) is 0. The molecule has 0 aromatic heterocycles. The Hall–Kier alpha value is -2.02. The van der Waals surface area contributed by atoms with Gasteiger partial charge in [0.25, 0.3) is 0 Å². The van der Waals surface area contributed by atoms with Crippen LogP contribution in [0.25, 0.3) is 0 Å². The second-order valence-corrected chi connectivity index (χ2v) is 3.73. The van der Waals surface area contributed by atoms with Gasteiger partial charge in [-0.15, -0.1) is 0 Å². The molecule has 0 aliphatic rings. The van der Waals surface area contributed by atoms with Crippen LogP contribution < -0.4 is 4.90 Å². The normalized spacial score (nSPS) is 9.47. The standard InChI is InChI=1S/C13H16N2O2/c1-15(9-5-8-13(16)17-2)12-7-4-3-6-11(12)10-14/h3-4,6-7H,5,8-9H2,1-2H3. The Labute approximate surface area is 101 Å². The number of para-hydroxylation sites is 1. The van der Waals surface area contributed by atoms with E-state index in [1.54, 1.807) is 6.07 Å². The number of anilines is 1. The minimum atomic E-state index is -0.202. The summed E-state index contributed by atoms with van der Waals surface area (Å²) in [7, 11) is 3.30. The van der Waals surface area contributed by atoms with Crippen molar-refractivity contribution in [1.82, 2.24) is 0 Å². The van der Waals surface area contributed by atoms with Crippen LogP contribution in [0.15, 0.2) is 24.3 Å². The number of esters is 1. The summed E-state index contributed by atoms with van der Waals surface area (Å²) in [5, 5.41) is 8.97. The summed E-state index contributed by atoms with van der Waals surface area (Å²) in [4.78, 5) is 12.9. The van der Waals surface area contributed by atoms with E-state index in [1.165, 1.54) is 7.11 Å². The largest absolute Gasteiger partial charge is 0.469 e. The molecule has 17 heavy (non-hydrogen) atoms. The second-order valence-electron chi connectivity index (χ2n) is 3.73. The molecule has 0 aliphatic heterocycles. The Balaban J connectivity index is 2.55. The minimum Gasteiger partial charge on any atom is -0.469 e. The van der Waals surface area contributed by atoms with Crippen LogP contribution >= 0.6 is 0 Å². The fourth-order valence-corrected chi connectivity index (χ4v) is 1.58. The molecule has 0 atom stereocenters. The zero-order valence-corrected chi connectivity index (χ0v) is 10.1. The number of hydrogen-bond acceptors (Lipinski definition) is 4. The van der Waals surface area contributed by atoms with Crippen molar-refractivity contribution in [1.29, 1.82) is 5.26 Å². The molecule has 0 saturated heterocycles. The van der Waals surface area contributed by atoms with Crippen molar-refractivity contribution < 1.29 is 9.53 Å². The van der Waals surface area contributed by atoms with Gasteiger partial charge in [0.1, 0.15) is 6.07 Å². The highest BCUT2D eigenvalue weighted by molar-refractivity contribution is 5.69. The van der Waals surface area contributed by atoms with Crippen LogP contribution in [-0.2, 0) is 9.53 Å². The molecule has 4 heteroatoms. The van der Waals surface area contributed by atoms with Crippen molar-refractivity contribution in [3.8, 4) is 6.07 Å². The molecular formula is C13H16N2O2. The van der Waals surface area contributed by atoms with Gasteiger partial charge in [-0.05, 0) is 18.6 Å². The summed E-state index contributed by atoms with van der Waals surface area (Å²) in [6.45, 7) is 0.716. The summed E-state index contributed by atoms with van der Waals surface area (Å²) < 4.78 is 4.57. The number of benzene rings is 1. The summed E-state index contributed by atoms with van der Waals surface area (Å²) in [6.07, 6.45) is 1.11. The summed E-state index contributed by atoms with van der Waals surface area (Å²) in [6, 6.07) is 9.57. The molecule has 0 heterocycles. The van der Waals surface area contributed by atoms with E-state index in [2.05, 4.69) is 10.8 Å². The lowest BCUT2D eigenvalue weighted by Crippen LogP contribution is -2.20. The smallest absolute Gasteiger partial charge is 0.305 e. The van der Waals surface area contributed by atoms with Crippen molar-refractivity contribution in [3.05, 3.63) is 29.8 Å². The molecule has 0 spiro atoms. The first-order valence-electron chi connectivity index (χ1n) is 5.46. The highest BCUT2D eigenvalue weighted by Gasteiger charge is 2.07. The quantitative estimate of drug-likeness (QED) is 0.728. The predicted octanol–water partition coefficient (Wildman–Crippen LogP) is 1.95. The number of nitrogens with zero attached hydrogens (tertiary/aromatic N) is 2. The number of carbonyl (C=O) groups is 1. The third kappa shape index (κ3) is 3.80. The third-order valence-electron chi connectivity index (χ3n) is 2.54. The van der Waals surface area contributed by atoms with E-state index in [-0.39, 0.29) is 5.97 Å². The van der Waals surface area contributed by atoms with E-state index in [1.807, 2.05) is 30.1 Å². The topological polar surface area (TPSA) is 53.3 Å². The van der Waals surface area contributed by atoms with Gasteiger partial charge in [0.2, 0.25) is 0 Å². The van der Waals surface area contributed by atoms with Crippen LogP contribution in [0.5, 0.6) is 0 Å². The molecule has 0 fully saturated rings. The lowest BCUT2D eigenvalue weighted by molar-refractivity contribution is -0.140. The lowest BCUT2D eigenvalue weighted by atomic mass is 10.1. The molecule has 0 bridgehead atoms. The van der Waals surface area contributed by atoms with Gasteiger partial charge in [-0.25, -0.2) is 0 Å². The molecule has 1 aromatic rings. The molecule has 0 saturated carbocycles. The van der Waals surface area contributed by atoms with E-state index in [4.69, 9.17) is 5.26 Å². The van der Waals surface area contributed by atoms with Crippen LogP contribution in [0.2, 0.25) is 0 Å². The Morgan fingerprint density at radius 1 is 1.47 bits per heavy atom. The molecule has 0 unspecified atom stereocenters.